The second-order valence-corrected chi connectivity index (χ2v) is 10.1. The van der Waals surface area contributed by atoms with Crippen molar-refractivity contribution >= 4 is 28.0 Å². The monoisotopic (exact) mass is 468 g/mol. The van der Waals surface area contributed by atoms with Gasteiger partial charge in [-0.1, -0.05) is 32.0 Å². The van der Waals surface area contributed by atoms with Crippen molar-refractivity contribution < 1.29 is 9.13 Å². The van der Waals surface area contributed by atoms with Gasteiger partial charge in [0.2, 0.25) is 0 Å². The van der Waals surface area contributed by atoms with E-state index in [1.54, 1.807) is 12.3 Å². The van der Waals surface area contributed by atoms with Crippen LogP contribution in [0.3, 0.4) is 0 Å². The number of morpholine rings is 1. The maximum absolute atomic E-state index is 15.4. The molecule has 0 amide bonds. The zero-order chi connectivity index (χ0) is 24.2. The summed E-state index contributed by atoms with van der Waals surface area (Å²) in [7, 11) is 0. The third-order valence-electron chi connectivity index (χ3n) is 7.28. The number of rotatable bonds is 3. The van der Waals surface area contributed by atoms with E-state index in [2.05, 4.69) is 46.8 Å². The van der Waals surface area contributed by atoms with Crippen molar-refractivity contribution in [3.8, 4) is 11.4 Å². The van der Waals surface area contributed by atoms with Crippen LogP contribution in [0.1, 0.15) is 25.0 Å². The largest absolute Gasteiger partial charge is 0.378 e. The summed E-state index contributed by atoms with van der Waals surface area (Å²) in [5.74, 6) is -0.253. The van der Waals surface area contributed by atoms with Crippen LogP contribution in [0.25, 0.3) is 22.3 Å². The smallest absolute Gasteiger partial charge is 0.134 e. The van der Waals surface area contributed by atoms with E-state index in [9.17, 15) is 0 Å². The summed E-state index contributed by atoms with van der Waals surface area (Å²) in [5, 5.41) is 0.560. The fourth-order valence-corrected chi connectivity index (χ4v) is 5.53. The Morgan fingerprint density at radius 1 is 1.00 bits per heavy atom. The van der Waals surface area contributed by atoms with Gasteiger partial charge >= 0.3 is 0 Å². The molecule has 0 saturated carbocycles. The Hall–Kier alpha value is -3.51. The zero-order valence-corrected chi connectivity index (χ0v) is 20.4. The summed E-state index contributed by atoms with van der Waals surface area (Å²) < 4.78 is 21.0. The maximum atomic E-state index is 15.4. The Morgan fingerprint density at radius 2 is 1.83 bits per heavy atom. The third-order valence-corrected chi connectivity index (χ3v) is 7.28. The SMILES string of the molecule is Cc1c(-c2ccccn2)nc2cccc(F)c2c1N1CC(C)(C)c2ccc(N3CCOCC3)cc21. The molecule has 0 bridgehead atoms. The average Bonchev–Trinajstić information content (AvgIpc) is 3.15. The van der Waals surface area contributed by atoms with Crippen LogP contribution in [0.15, 0.2) is 60.8 Å². The highest BCUT2D eigenvalue weighted by atomic mass is 19.1. The molecular formula is C29H29FN4O. The van der Waals surface area contributed by atoms with E-state index < -0.39 is 0 Å². The van der Waals surface area contributed by atoms with Crippen LogP contribution in [0.2, 0.25) is 0 Å². The van der Waals surface area contributed by atoms with E-state index in [-0.39, 0.29) is 11.2 Å². The van der Waals surface area contributed by atoms with Gasteiger partial charge in [-0.15, -0.1) is 0 Å². The van der Waals surface area contributed by atoms with E-state index in [0.717, 1.165) is 61.2 Å². The number of hydrogen-bond acceptors (Lipinski definition) is 5. The number of benzene rings is 2. The van der Waals surface area contributed by atoms with Gasteiger partial charge in [-0.05, 0) is 48.9 Å². The summed E-state index contributed by atoms with van der Waals surface area (Å²) >= 11 is 0. The molecule has 0 N–H and O–H groups in total. The lowest BCUT2D eigenvalue weighted by Gasteiger charge is -2.30. The highest BCUT2D eigenvalue weighted by Gasteiger charge is 2.38. The van der Waals surface area contributed by atoms with Crippen LogP contribution in [0, 0.1) is 12.7 Å². The van der Waals surface area contributed by atoms with Gasteiger partial charge < -0.3 is 14.5 Å². The molecule has 2 aromatic heterocycles. The predicted molar refractivity (Wildman–Crippen MR) is 139 cm³/mol. The van der Waals surface area contributed by atoms with Crippen LogP contribution >= 0.6 is 0 Å². The lowest BCUT2D eigenvalue weighted by atomic mass is 9.87. The fraction of sp³-hybridized carbons (Fsp3) is 0.310. The summed E-state index contributed by atoms with van der Waals surface area (Å²) in [6.45, 7) is 10.5. The topological polar surface area (TPSA) is 41.5 Å². The van der Waals surface area contributed by atoms with Gasteiger partial charge in [0.05, 0.1) is 41.2 Å². The number of hydrogen-bond donors (Lipinski definition) is 0. The normalized spacial score (nSPS) is 17.1. The van der Waals surface area contributed by atoms with Gasteiger partial charge in [0.1, 0.15) is 5.82 Å². The van der Waals surface area contributed by atoms with E-state index in [1.165, 1.54) is 17.3 Å². The molecule has 0 spiro atoms. The Kier molecular flexibility index (Phi) is 5.22. The van der Waals surface area contributed by atoms with Gasteiger partial charge in [0, 0.05) is 48.2 Å². The Bertz CT molecular complexity index is 1410. The molecule has 0 unspecified atom stereocenters. The van der Waals surface area contributed by atoms with Crippen molar-refractivity contribution in [1.29, 1.82) is 0 Å². The summed E-state index contributed by atoms with van der Waals surface area (Å²) in [5.41, 5.74) is 7.52. The lowest BCUT2D eigenvalue weighted by Crippen LogP contribution is -2.36. The molecule has 2 aromatic carbocycles. The van der Waals surface area contributed by atoms with Gasteiger partial charge in [0.25, 0.3) is 0 Å². The molecule has 5 nitrogen and oxygen atoms in total. The van der Waals surface area contributed by atoms with Crippen molar-refractivity contribution in [3.05, 3.63) is 77.7 Å². The molecule has 1 fully saturated rings. The maximum Gasteiger partial charge on any atom is 0.134 e. The predicted octanol–water partition coefficient (Wildman–Crippen LogP) is 6.01. The van der Waals surface area contributed by atoms with E-state index >= 15 is 4.39 Å². The molecule has 35 heavy (non-hydrogen) atoms. The van der Waals surface area contributed by atoms with E-state index in [1.807, 2.05) is 31.2 Å². The molecule has 6 heteroatoms. The minimum atomic E-state index is -0.253. The number of fused-ring (bicyclic) bond motifs is 2. The minimum absolute atomic E-state index is 0.0860. The van der Waals surface area contributed by atoms with E-state index in [0.29, 0.717) is 10.9 Å². The van der Waals surface area contributed by atoms with Crippen molar-refractivity contribution in [3.63, 3.8) is 0 Å². The average molecular weight is 469 g/mol. The molecule has 178 valence electrons. The molecule has 2 aliphatic heterocycles. The van der Waals surface area contributed by atoms with Crippen LogP contribution < -0.4 is 9.80 Å². The van der Waals surface area contributed by atoms with Gasteiger partial charge in [-0.3, -0.25) is 4.98 Å². The Labute approximate surface area is 205 Å². The quantitative estimate of drug-likeness (QED) is 0.368. The molecule has 0 radical (unpaired) electrons. The second-order valence-electron chi connectivity index (χ2n) is 10.1. The van der Waals surface area contributed by atoms with Crippen molar-refractivity contribution in [1.82, 2.24) is 9.97 Å². The third kappa shape index (κ3) is 3.64. The minimum Gasteiger partial charge on any atom is -0.378 e. The van der Waals surface area contributed by atoms with Crippen molar-refractivity contribution in [2.45, 2.75) is 26.2 Å². The Balaban J connectivity index is 1.59. The highest BCUT2D eigenvalue weighted by Crippen LogP contribution is 2.49. The second kappa shape index (κ2) is 8.31. The molecule has 4 heterocycles. The molecule has 2 aliphatic rings. The van der Waals surface area contributed by atoms with Crippen molar-refractivity contribution in [2.75, 3.05) is 42.6 Å². The zero-order valence-electron chi connectivity index (χ0n) is 20.4. The molecule has 0 atom stereocenters. The molecule has 6 rings (SSSR count). The molecule has 4 aromatic rings. The molecular weight excluding hydrogens is 439 g/mol. The Morgan fingerprint density at radius 3 is 2.60 bits per heavy atom. The number of halogens is 1. The molecule has 1 saturated heterocycles. The summed E-state index contributed by atoms with van der Waals surface area (Å²) in [6.07, 6.45) is 1.77. The standard InChI is InChI=1S/C29H29FN4O/c1-19-27(24-8-4-5-12-31-24)32-23-9-6-7-22(30)26(23)28(19)34-18-29(2,3)21-11-10-20(17-25(21)34)33-13-15-35-16-14-33/h4-12,17H,13-16,18H2,1-3H3. The number of pyridine rings is 2. The van der Waals surface area contributed by atoms with E-state index in [4.69, 9.17) is 9.72 Å². The van der Waals surface area contributed by atoms with Crippen LogP contribution in [-0.4, -0.2) is 42.8 Å². The van der Waals surface area contributed by atoms with Crippen LogP contribution in [0.5, 0.6) is 0 Å². The lowest BCUT2D eigenvalue weighted by molar-refractivity contribution is 0.122. The first-order valence-electron chi connectivity index (χ1n) is 12.2. The number of nitrogens with zero attached hydrogens (tertiary/aromatic N) is 4. The number of ether oxygens (including phenoxy) is 1. The van der Waals surface area contributed by atoms with Gasteiger partial charge in [-0.2, -0.15) is 0 Å². The number of aromatic nitrogens is 2. The fourth-order valence-electron chi connectivity index (χ4n) is 5.53. The summed E-state index contributed by atoms with van der Waals surface area (Å²) in [4.78, 5) is 14.1. The van der Waals surface area contributed by atoms with Crippen LogP contribution in [-0.2, 0) is 10.2 Å². The van der Waals surface area contributed by atoms with Crippen molar-refractivity contribution in [2.24, 2.45) is 0 Å². The first kappa shape index (κ1) is 22.0. The molecule has 0 aliphatic carbocycles. The first-order valence-corrected chi connectivity index (χ1v) is 12.2. The summed E-state index contributed by atoms with van der Waals surface area (Å²) in [6, 6.07) is 17.7. The van der Waals surface area contributed by atoms with Gasteiger partial charge in [0.15, 0.2) is 0 Å². The highest BCUT2D eigenvalue weighted by molar-refractivity contribution is 6.00. The first-order chi connectivity index (χ1) is 16.9. The number of anilines is 3. The van der Waals surface area contributed by atoms with Gasteiger partial charge in [-0.25, -0.2) is 9.37 Å². The van der Waals surface area contributed by atoms with Crippen LogP contribution in [0.4, 0.5) is 21.5 Å².